The van der Waals surface area contributed by atoms with Crippen LogP contribution in [0.5, 0.6) is 0 Å². The predicted molar refractivity (Wildman–Crippen MR) is 63.1 cm³/mol. The van der Waals surface area contributed by atoms with Crippen molar-refractivity contribution >= 4 is 10.2 Å². The second-order valence-corrected chi connectivity index (χ2v) is 5.82. The molecule has 1 fully saturated rings. The molecule has 2 rings (SSSR count). The summed E-state index contributed by atoms with van der Waals surface area (Å²) >= 11 is 0. The van der Waals surface area contributed by atoms with Crippen molar-refractivity contribution in [3.63, 3.8) is 0 Å². The highest BCUT2D eigenvalue weighted by molar-refractivity contribution is 7.86. The minimum Gasteiger partial charge on any atom is -0.216 e. The Morgan fingerprint density at radius 3 is 2.18 bits per heavy atom. The van der Waals surface area contributed by atoms with Crippen molar-refractivity contribution < 1.29 is 12.8 Å². The van der Waals surface area contributed by atoms with Gasteiger partial charge in [-0.3, -0.25) is 0 Å². The second kappa shape index (κ2) is 4.72. The number of halogens is 1. The molecule has 0 unspecified atom stereocenters. The number of rotatable bonds is 2. The van der Waals surface area contributed by atoms with Gasteiger partial charge in [-0.1, -0.05) is 12.1 Å². The Kier molecular flexibility index (Phi) is 3.46. The molecule has 1 saturated heterocycles. The van der Waals surface area contributed by atoms with E-state index in [1.807, 2.05) is 0 Å². The highest BCUT2D eigenvalue weighted by Crippen LogP contribution is 2.28. The van der Waals surface area contributed by atoms with E-state index in [1.165, 1.54) is 16.4 Å². The van der Waals surface area contributed by atoms with Crippen molar-refractivity contribution in [2.75, 3.05) is 13.1 Å². The zero-order valence-electron chi connectivity index (χ0n) is 9.34. The highest BCUT2D eigenvalue weighted by Gasteiger charge is 2.25. The zero-order chi connectivity index (χ0) is 12.5. The van der Waals surface area contributed by atoms with Gasteiger partial charge in [-0.05, 0) is 36.5 Å². The van der Waals surface area contributed by atoms with Crippen molar-refractivity contribution in [3.05, 3.63) is 35.6 Å². The first-order chi connectivity index (χ1) is 7.97. The molecular weight excluding hydrogens is 243 g/mol. The standard InChI is InChI=1S/C11H15FN2O2S/c12-11-3-1-9(2-4-11)10-5-7-14(8-6-10)17(13,15)16/h1-4,10H,5-8H2,(H2,13,15,16). The average Bonchev–Trinajstić information content (AvgIpc) is 2.29. The lowest BCUT2D eigenvalue weighted by molar-refractivity contribution is 0.320. The van der Waals surface area contributed by atoms with E-state index in [9.17, 15) is 12.8 Å². The second-order valence-electron chi connectivity index (χ2n) is 4.27. The third-order valence-electron chi connectivity index (χ3n) is 3.16. The number of nitrogens with two attached hydrogens (primary N) is 1. The number of nitrogens with zero attached hydrogens (tertiary/aromatic N) is 1. The van der Waals surface area contributed by atoms with Gasteiger partial charge in [0.25, 0.3) is 10.2 Å². The summed E-state index contributed by atoms with van der Waals surface area (Å²) < 4.78 is 36.3. The van der Waals surface area contributed by atoms with Gasteiger partial charge in [0.05, 0.1) is 0 Å². The summed E-state index contributed by atoms with van der Waals surface area (Å²) in [5.74, 6) is 0.0318. The molecule has 4 nitrogen and oxygen atoms in total. The molecule has 0 amide bonds. The van der Waals surface area contributed by atoms with Crippen molar-refractivity contribution in [2.24, 2.45) is 5.14 Å². The first kappa shape index (κ1) is 12.5. The molecule has 17 heavy (non-hydrogen) atoms. The van der Waals surface area contributed by atoms with Crippen LogP contribution in [-0.2, 0) is 10.2 Å². The Bertz CT molecular complexity index is 479. The van der Waals surface area contributed by atoms with Gasteiger partial charge in [0.2, 0.25) is 0 Å². The van der Waals surface area contributed by atoms with Crippen molar-refractivity contribution in [2.45, 2.75) is 18.8 Å². The minimum absolute atomic E-state index is 0.254. The van der Waals surface area contributed by atoms with Crippen LogP contribution in [-0.4, -0.2) is 25.8 Å². The third-order valence-corrected chi connectivity index (χ3v) is 4.24. The molecule has 0 radical (unpaired) electrons. The molecule has 0 spiro atoms. The molecule has 0 aliphatic carbocycles. The van der Waals surface area contributed by atoms with Crippen LogP contribution in [0, 0.1) is 5.82 Å². The van der Waals surface area contributed by atoms with E-state index in [0.29, 0.717) is 13.1 Å². The van der Waals surface area contributed by atoms with E-state index in [0.717, 1.165) is 18.4 Å². The van der Waals surface area contributed by atoms with Gasteiger partial charge in [-0.25, -0.2) is 9.53 Å². The lowest BCUT2D eigenvalue weighted by Crippen LogP contribution is -2.41. The minimum atomic E-state index is -3.56. The molecule has 1 aliphatic heterocycles. The largest absolute Gasteiger partial charge is 0.276 e. The van der Waals surface area contributed by atoms with Gasteiger partial charge < -0.3 is 0 Å². The molecule has 6 heteroatoms. The van der Waals surface area contributed by atoms with Crippen LogP contribution >= 0.6 is 0 Å². The normalized spacial score (nSPS) is 19.4. The van der Waals surface area contributed by atoms with E-state index in [2.05, 4.69) is 0 Å². The first-order valence-corrected chi connectivity index (χ1v) is 7.00. The van der Waals surface area contributed by atoms with Crippen LogP contribution < -0.4 is 5.14 Å². The Labute approximate surface area is 100 Å². The summed E-state index contributed by atoms with van der Waals surface area (Å²) in [5.41, 5.74) is 1.06. The Balaban J connectivity index is 2.02. The monoisotopic (exact) mass is 258 g/mol. The quantitative estimate of drug-likeness (QED) is 0.866. The Hall–Kier alpha value is -0.980. The maximum atomic E-state index is 12.8. The average molecular weight is 258 g/mol. The molecule has 1 aromatic carbocycles. The Morgan fingerprint density at radius 1 is 1.18 bits per heavy atom. The molecule has 1 aromatic rings. The van der Waals surface area contributed by atoms with Gasteiger partial charge in [-0.2, -0.15) is 12.7 Å². The Morgan fingerprint density at radius 2 is 1.71 bits per heavy atom. The van der Waals surface area contributed by atoms with Crippen molar-refractivity contribution in [1.29, 1.82) is 0 Å². The van der Waals surface area contributed by atoms with E-state index in [1.54, 1.807) is 12.1 Å². The van der Waals surface area contributed by atoms with E-state index in [-0.39, 0.29) is 11.7 Å². The summed E-state index contributed by atoms with van der Waals surface area (Å²) in [6.45, 7) is 0.863. The fourth-order valence-corrected chi connectivity index (χ4v) is 2.90. The van der Waals surface area contributed by atoms with Crippen LogP contribution in [0.4, 0.5) is 4.39 Å². The molecule has 94 valence electrons. The van der Waals surface area contributed by atoms with E-state index in [4.69, 9.17) is 5.14 Å². The first-order valence-electron chi connectivity index (χ1n) is 5.50. The van der Waals surface area contributed by atoms with Gasteiger partial charge in [-0.15, -0.1) is 0 Å². The summed E-state index contributed by atoms with van der Waals surface area (Å²) in [7, 11) is -3.56. The number of benzene rings is 1. The predicted octanol–water partition coefficient (Wildman–Crippen LogP) is 1.21. The SMILES string of the molecule is NS(=O)(=O)N1CCC(c2ccc(F)cc2)CC1. The molecule has 0 bridgehead atoms. The van der Waals surface area contributed by atoms with Gasteiger partial charge in [0.15, 0.2) is 0 Å². The molecule has 1 heterocycles. The van der Waals surface area contributed by atoms with Crippen LogP contribution in [0.25, 0.3) is 0 Å². The highest BCUT2D eigenvalue weighted by atomic mass is 32.2. The molecule has 0 atom stereocenters. The number of piperidine rings is 1. The van der Waals surface area contributed by atoms with Crippen molar-refractivity contribution in [1.82, 2.24) is 4.31 Å². The lowest BCUT2D eigenvalue weighted by atomic mass is 9.90. The maximum absolute atomic E-state index is 12.8. The molecule has 0 saturated carbocycles. The maximum Gasteiger partial charge on any atom is 0.276 e. The molecule has 2 N–H and O–H groups in total. The topological polar surface area (TPSA) is 63.4 Å². The molecular formula is C11H15FN2O2S. The molecule has 0 aromatic heterocycles. The summed E-state index contributed by atoms with van der Waals surface area (Å²) in [6.07, 6.45) is 1.45. The van der Waals surface area contributed by atoms with Crippen LogP contribution in [0.2, 0.25) is 0 Å². The van der Waals surface area contributed by atoms with E-state index >= 15 is 0 Å². The van der Waals surface area contributed by atoms with Crippen LogP contribution in [0.1, 0.15) is 24.3 Å². The van der Waals surface area contributed by atoms with Crippen LogP contribution in [0.15, 0.2) is 24.3 Å². The van der Waals surface area contributed by atoms with Crippen molar-refractivity contribution in [3.8, 4) is 0 Å². The smallest absolute Gasteiger partial charge is 0.216 e. The van der Waals surface area contributed by atoms with Gasteiger partial charge >= 0.3 is 0 Å². The summed E-state index contributed by atoms with van der Waals surface area (Å²) in [6, 6.07) is 6.38. The zero-order valence-corrected chi connectivity index (χ0v) is 10.2. The number of hydrogen-bond donors (Lipinski definition) is 1. The fourth-order valence-electron chi connectivity index (χ4n) is 2.18. The molecule has 1 aliphatic rings. The third kappa shape index (κ3) is 3.02. The van der Waals surface area contributed by atoms with E-state index < -0.39 is 10.2 Å². The summed E-state index contributed by atoms with van der Waals surface area (Å²) in [4.78, 5) is 0. The van der Waals surface area contributed by atoms with Gasteiger partial charge in [0, 0.05) is 13.1 Å². The lowest BCUT2D eigenvalue weighted by Gasteiger charge is -2.30. The number of hydrogen-bond acceptors (Lipinski definition) is 2. The summed E-state index contributed by atoms with van der Waals surface area (Å²) in [5, 5.41) is 5.06. The van der Waals surface area contributed by atoms with Gasteiger partial charge in [0.1, 0.15) is 5.82 Å². The fraction of sp³-hybridized carbons (Fsp3) is 0.455. The van der Waals surface area contributed by atoms with Crippen LogP contribution in [0.3, 0.4) is 0 Å².